The molecule has 1 fully saturated rings. The fourth-order valence-corrected chi connectivity index (χ4v) is 3.92. The van der Waals surface area contributed by atoms with E-state index >= 15 is 0 Å². The number of anilines is 2. The number of aromatic nitrogens is 2. The van der Waals surface area contributed by atoms with Crippen molar-refractivity contribution in [2.24, 2.45) is 5.92 Å². The zero-order valence-corrected chi connectivity index (χ0v) is 16.3. The van der Waals surface area contributed by atoms with Gasteiger partial charge in [0, 0.05) is 42.0 Å². The summed E-state index contributed by atoms with van der Waals surface area (Å²) < 4.78 is 0. The first-order valence-corrected chi connectivity index (χ1v) is 10.1. The van der Waals surface area contributed by atoms with Crippen molar-refractivity contribution < 1.29 is 4.79 Å². The van der Waals surface area contributed by atoms with Crippen LogP contribution in [0.5, 0.6) is 0 Å². The van der Waals surface area contributed by atoms with Crippen molar-refractivity contribution in [2.75, 3.05) is 23.3 Å². The first-order valence-electron chi connectivity index (χ1n) is 10.1. The Morgan fingerprint density at radius 3 is 2.75 bits per heavy atom. The smallest absolute Gasteiger partial charge is 0.227 e. The normalized spacial score (nSPS) is 15.0. The minimum absolute atomic E-state index is 0.0414. The van der Waals surface area contributed by atoms with Gasteiger partial charge in [-0.1, -0.05) is 31.5 Å². The van der Waals surface area contributed by atoms with Crippen molar-refractivity contribution in [3.63, 3.8) is 0 Å². The number of piperidine rings is 1. The number of benzene rings is 1. The van der Waals surface area contributed by atoms with E-state index in [-0.39, 0.29) is 11.8 Å². The maximum absolute atomic E-state index is 12.6. The molecular weight excluding hydrogens is 348 g/mol. The molecule has 1 aliphatic heterocycles. The van der Waals surface area contributed by atoms with Crippen LogP contribution in [-0.4, -0.2) is 29.0 Å². The zero-order valence-electron chi connectivity index (χ0n) is 16.3. The molecule has 144 valence electrons. The second-order valence-corrected chi connectivity index (χ2v) is 7.39. The molecule has 0 aliphatic carbocycles. The average Bonchev–Trinajstić information content (AvgIpc) is 2.74. The van der Waals surface area contributed by atoms with E-state index in [2.05, 4.69) is 46.4 Å². The molecule has 1 aromatic carbocycles. The second-order valence-electron chi connectivity index (χ2n) is 7.39. The van der Waals surface area contributed by atoms with Gasteiger partial charge in [-0.25, -0.2) is 0 Å². The quantitative estimate of drug-likeness (QED) is 0.717. The minimum atomic E-state index is 0.0414. The summed E-state index contributed by atoms with van der Waals surface area (Å²) in [4.78, 5) is 23.9. The summed E-state index contributed by atoms with van der Waals surface area (Å²) in [5.74, 6) is 0.138. The molecule has 0 unspecified atom stereocenters. The lowest BCUT2D eigenvalue weighted by molar-refractivity contribution is -0.120. The number of amides is 1. The van der Waals surface area contributed by atoms with E-state index in [0.29, 0.717) is 0 Å². The van der Waals surface area contributed by atoms with Gasteiger partial charge in [0.2, 0.25) is 5.91 Å². The fourth-order valence-electron chi connectivity index (χ4n) is 3.92. The Morgan fingerprint density at radius 1 is 1.18 bits per heavy atom. The van der Waals surface area contributed by atoms with Crippen LogP contribution in [0.1, 0.15) is 31.9 Å². The first kappa shape index (κ1) is 18.4. The van der Waals surface area contributed by atoms with Crippen LogP contribution in [0.25, 0.3) is 10.9 Å². The summed E-state index contributed by atoms with van der Waals surface area (Å²) in [5, 5.41) is 4.19. The predicted molar refractivity (Wildman–Crippen MR) is 114 cm³/mol. The number of para-hydroxylation sites is 1. The lowest BCUT2D eigenvalue weighted by Gasteiger charge is -2.34. The SMILES string of the molecule is CCCc1cc(N2CCC(C(=O)Nc3cccnc3)CC2)c2ccccc2n1. The Balaban J connectivity index is 1.48. The predicted octanol–water partition coefficient (Wildman–Crippen LogP) is 4.44. The van der Waals surface area contributed by atoms with Gasteiger partial charge in [-0.15, -0.1) is 0 Å². The lowest BCUT2D eigenvalue weighted by Crippen LogP contribution is -2.38. The largest absolute Gasteiger partial charge is 0.371 e. The standard InChI is InChI=1S/C23H26N4O/c1-2-6-18-15-22(20-8-3-4-9-21(20)25-18)27-13-10-17(11-14-27)23(28)26-19-7-5-12-24-16-19/h3-5,7-9,12,15-17H,2,6,10-11,13-14H2,1H3,(H,26,28). The fraction of sp³-hybridized carbons (Fsp3) is 0.348. The molecule has 0 atom stereocenters. The van der Waals surface area contributed by atoms with Crippen LogP contribution in [-0.2, 0) is 11.2 Å². The summed E-state index contributed by atoms with van der Waals surface area (Å²) in [6.45, 7) is 3.94. The number of hydrogen-bond donors (Lipinski definition) is 1. The number of carbonyl (C=O) groups is 1. The van der Waals surface area contributed by atoms with Gasteiger partial charge in [0.1, 0.15) is 0 Å². The van der Waals surface area contributed by atoms with Crippen LogP contribution >= 0.6 is 0 Å². The van der Waals surface area contributed by atoms with Gasteiger partial charge in [0.15, 0.2) is 0 Å². The van der Waals surface area contributed by atoms with Crippen LogP contribution in [0.2, 0.25) is 0 Å². The van der Waals surface area contributed by atoms with E-state index in [1.807, 2.05) is 18.2 Å². The molecule has 28 heavy (non-hydrogen) atoms. The summed E-state index contributed by atoms with van der Waals surface area (Å²) in [6.07, 6.45) is 7.17. The van der Waals surface area contributed by atoms with E-state index in [1.165, 1.54) is 11.1 Å². The number of nitrogens with one attached hydrogen (secondary N) is 1. The monoisotopic (exact) mass is 374 g/mol. The van der Waals surface area contributed by atoms with Crippen LogP contribution < -0.4 is 10.2 Å². The summed E-state index contributed by atoms with van der Waals surface area (Å²) in [5.41, 5.74) is 4.21. The maximum atomic E-state index is 12.6. The Morgan fingerprint density at radius 2 is 2.00 bits per heavy atom. The highest BCUT2D eigenvalue weighted by atomic mass is 16.1. The molecule has 0 bridgehead atoms. The summed E-state index contributed by atoms with van der Waals surface area (Å²) in [7, 11) is 0. The number of carbonyl (C=O) groups excluding carboxylic acids is 1. The zero-order chi connectivity index (χ0) is 19.3. The van der Waals surface area contributed by atoms with E-state index < -0.39 is 0 Å². The Bertz CT molecular complexity index is 949. The number of hydrogen-bond acceptors (Lipinski definition) is 4. The van der Waals surface area contributed by atoms with Crippen LogP contribution in [0, 0.1) is 5.92 Å². The lowest BCUT2D eigenvalue weighted by atomic mass is 9.95. The number of nitrogens with zero attached hydrogens (tertiary/aromatic N) is 3. The van der Waals surface area contributed by atoms with Gasteiger partial charge < -0.3 is 10.2 Å². The average molecular weight is 374 g/mol. The third-order valence-electron chi connectivity index (χ3n) is 5.39. The summed E-state index contributed by atoms with van der Waals surface area (Å²) >= 11 is 0. The van der Waals surface area contributed by atoms with E-state index in [9.17, 15) is 4.79 Å². The van der Waals surface area contributed by atoms with Crippen LogP contribution in [0.3, 0.4) is 0 Å². The molecule has 3 heterocycles. The Labute approximate surface area is 165 Å². The number of fused-ring (bicyclic) bond motifs is 1. The van der Waals surface area contributed by atoms with Crippen molar-refractivity contribution in [3.8, 4) is 0 Å². The number of pyridine rings is 2. The molecule has 5 nitrogen and oxygen atoms in total. The van der Waals surface area contributed by atoms with Crippen LogP contribution in [0.15, 0.2) is 54.9 Å². The van der Waals surface area contributed by atoms with Crippen LogP contribution in [0.4, 0.5) is 11.4 Å². The molecule has 1 aliphatic rings. The van der Waals surface area contributed by atoms with Crippen molar-refractivity contribution >= 4 is 28.2 Å². The second kappa shape index (κ2) is 8.38. The Hall–Kier alpha value is -2.95. The molecule has 0 saturated carbocycles. The molecule has 4 rings (SSSR count). The van der Waals surface area contributed by atoms with Crippen molar-refractivity contribution in [1.82, 2.24) is 9.97 Å². The highest BCUT2D eigenvalue weighted by molar-refractivity contribution is 5.94. The van der Waals surface area contributed by atoms with E-state index in [0.717, 1.165) is 55.7 Å². The van der Waals surface area contributed by atoms with Gasteiger partial charge in [0.05, 0.1) is 17.4 Å². The maximum Gasteiger partial charge on any atom is 0.227 e. The third-order valence-corrected chi connectivity index (χ3v) is 5.39. The van der Waals surface area contributed by atoms with Gasteiger partial charge in [-0.3, -0.25) is 14.8 Å². The molecule has 1 amide bonds. The van der Waals surface area contributed by atoms with E-state index in [4.69, 9.17) is 4.98 Å². The van der Waals surface area contributed by atoms with Crippen molar-refractivity contribution in [2.45, 2.75) is 32.6 Å². The van der Waals surface area contributed by atoms with Crippen molar-refractivity contribution in [1.29, 1.82) is 0 Å². The number of rotatable bonds is 5. The molecule has 2 aromatic heterocycles. The molecular formula is C23H26N4O. The number of aryl methyl sites for hydroxylation is 1. The van der Waals surface area contributed by atoms with Crippen molar-refractivity contribution in [3.05, 3.63) is 60.6 Å². The molecule has 5 heteroatoms. The summed E-state index contributed by atoms with van der Waals surface area (Å²) in [6, 6.07) is 14.3. The molecule has 3 aromatic rings. The first-order chi connectivity index (χ1) is 13.7. The molecule has 1 saturated heterocycles. The van der Waals surface area contributed by atoms with Gasteiger partial charge >= 0.3 is 0 Å². The highest BCUT2D eigenvalue weighted by Gasteiger charge is 2.26. The molecule has 0 radical (unpaired) electrons. The molecule has 0 spiro atoms. The topological polar surface area (TPSA) is 58.1 Å². The van der Waals surface area contributed by atoms with E-state index in [1.54, 1.807) is 12.4 Å². The third kappa shape index (κ3) is 3.98. The molecule has 1 N–H and O–H groups in total. The Kier molecular flexibility index (Phi) is 5.51. The highest BCUT2D eigenvalue weighted by Crippen LogP contribution is 2.31. The minimum Gasteiger partial charge on any atom is -0.371 e. The van der Waals surface area contributed by atoms with Gasteiger partial charge in [-0.05, 0) is 43.5 Å². The van der Waals surface area contributed by atoms with Gasteiger partial charge in [-0.2, -0.15) is 0 Å². The van der Waals surface area contributed by atoms with Gasteiger partial charge in [0.25, 0.3) is 0 Å².